The minimum Gasteiger partial charge on any atom is -0.478 e. The molecule has 1 atom stereocenters. The number of nitrogens with zero attached hydrogens (tertiary/aromatic N) is 3. The van der Waals surface area contributed by atoms with Gasteiger partial charge >= 0.3 is 17.9 Å². The number of hydrogen-bond acceptors (Lipinski definition) is 11. The van der Waals surface area contributed by atoms with Crippen LogP contribution in [0, 0.1) is 11.3 Å². The Labute approximate surface area is 282 Å². The van der Waals surface area contributed by atoms with Crippen LogP contribution in [0.4, 0.5) is 0 Å². The molecule has 0 fully saturated rings. The van der Waals surface area contributed by atoms with E-state index in [2.05, 4.69) is 6.58 Å². The lowest BCUT2D eigenvalue weighted by molar-refractivity contribution is -0.138. The third kappa shape index (κ3) is 6.29. The van der Waals surface area contributed by atoms with E-state index in [9.17, 15) is 48.3 Å². The Kier molecular flexibility index (Phi) is 9.28. The summed E-state index contributed by atoms with van der Waals surface area (Å²) in [5.74, 6) is -4.94. The number of rotatable bonds is 13. The number of aromatic carboxylic acids is 1. The number of benzene rings is 2. The Morgan fingerprint density at radius 2 is 1.32 bits per heavy atom. The predicted molar refractivity (Wildman–Crippen MR) is 178 cm³/mol. The summed E-state index contributed by atoms with van der Waals surface area (Å²) >= 11 is 0. The molecule has 15 heteroatoms. The van der Waals surface area contributed by atoms with Crippen LogP contribution in [-0.2, 0) is 27.9 Å². The SMILES string of the molecule is C=CC(=O)OCCOC(=O)c1cc2c(cc1C(=O)O)C(=O)N(CCC(C)CC(C)(C)Cn1c(=O)c3cc4c(=O)n(C)c(=O)c4cc3c1=O)C2=O. The number of carboxylic acids is 1. The van der Waals surface area contributed by atoms with Crippen molar-refractivity contribution in [3.8, 4) is 0 Å². The predicted octanol–water partition coefficient (Wildman–Crippen LogP) is 1.77. The van der Waals surface area contributed by atoms with Gasteiger partial charge in [-0.3, -0.25) is 42.8 Å². The maximum Gasteiger partial charge on any atom is 0.339 e. The topological polar surface area (TPSA) is 205 Å². The molecular formula is C35H33N3O12. The number of carbonyl (C=O) groups is 5. The summed E-state index contributed by atoms with van der Waals surface area (Å²) in [5, 5.41) is 9.95. The molecule has 0 aliphatic carbocycles. The van der Waals surface area contributed by atoms with Gasteiger partial charge in [-0.1, -0.05) is 27.4 Å². The molecule has 4 aromatic rings. The van der Waals surface area contributed by atoms with Gasteiger partial charge in [0.15, 0.2) is 0 Å². The molecule has 0 saturated heterocycles. The van der Waals surface area contributed by atoms with Crippen LogP contribution < -0.4 is 22.2 Å². The standard InChI is InChI=1S/C35H33N3O12/c1-6-26(39)49-9-10-50-34(48)25-14-23-22(13-24(25)33(46)47)29(42)37(30(23)43)8-7-17(2)15-35(3,4)16-38-31(44)20-11-18-19(12-21(20)32(38)45)28(41)36(5)27(18)40/h6,11-14,17H,1,7-10,15-16H2,2-5H3,(H,46,47). The van der Waals surface area contributed by atoms with Crippen LogP contribution in [-0.4, -0.2) is 68.6 Å². The number of hydrogen-bond donors (Lipinski definition) is 1. The first-order chi connectivity index (χ1) is 23.5. The van der Waals surface area contributed by atoms with Crippen molar-refractivity contribution in [2.24, 2.45) is 18.4 Å². The molecule has 0 spiro atoms. The molecule has 15 nitrogen and oxygen atoms in total. The van der Waals surface area contributed by atoms with Gasteiger partial charge in [0.1, 0.15) is 13.2 Å². The van der Waals surface area contributed by atoms with Gasteiger partial charge in [-0.15, -0.1) is 0 Å². The number of aromatic nitrogens is 2. The van der Waals surface area contributed by atoms with Crippen LogP contribution in [0.15, 0.2) is 56.1 Å². The number of carbonyl (C=O) groups excluding carboxylic acids is 4. The highest BCUT2D eigenvalue weighted by Gasteiger charge is 2.38. The van der Waals surface area contributed by atoms with Gasteiger partial charge in [-0.25, -0.2) is 14.4 Å². The molecule has 1 aliphatic heterocycles. The summed E-state index contributed by atoms with van der Waals surface area (Å²) in [6.07, 6.45) is 1.70. The second-order valence-corrected chi connectivity index (χ2v) is 13.1. The van der Waals surface area contributed by atoms with Crippen molar-refractivity contribution in [1.29, 1.82) is 0 Å². The third-order valence-electron chi connectivity index (χ3n) is 8.80. The summed E-state index contributed by atoms with van der Waals surface area (Å²) in [6.45, 7) is 8.11. The molecule has 0 bridgehead atoms. The van der Waals surface area contributed by atoms with Crippen molar-refractivity contribution < 1.29 is 38.6 Å². The van der Waals surface area contributed by atoms with Crippen molar-refractivity contribution in [1.82, 2.24) is 14.0 Å². The summed E-state index contributed by atoms with van der Waals surface area (Å²) in [6, 6.07) is 4.55. The molecule has 1 N–H and O–H groups in total. The molecular weight excluding hydrogens is 654 g/mol. The van der Waals surface area contributed by atoms with Crippen molar-refractivity contribution in [3.05, 3.63) is 101 Å². The number of imide groups is 1. The number of ether oxygens (including phenoxy) is 2. The van der Waals surface area contributed by atoms with Crippen molar-refractivity contribution in [3.63, 3.8) is 0 Å². The van der Waals surface area contributed by atoms with Crippen molar-refractivity contribution >= 4 is 51.3 Å². The first-order valence-corrected chi connectivity index (χ1v) is 15.6. The molecule has 260 valence electrons. The first kappa shape index (κ1) is 35.3. The van der Waals surface area contributed by atoms with Crippen LogP contribution in [0.5, 0.6) is 0 Å². The van der Waals surface area contributed by atoms with E-state index in [1.807, 2.05) is 20.8 Å². The van der Waals surface area contributed by atoms with Crippen LogP contribution in [0.2, 0.25) is 0 Å². The summed E-state index contributed by atoms with van der Waals surface area (Å²) < 4.78 is 11.7. The van der Waals surface area contributed by atoms with Gasteiger partial charge < -0.3 is 14.6 Å². The quantitative estimate of drug-likeness (QED) is 0.0924. The Hall–Kier alpha value is -5.99. The van der Waals surface area contributed by atoms with E-state index < -0.39 is 75.1 Å². The van der Waals surface area contributed by atoms with Gasteiger partial charge in [-0.05, 0) is 48.4 Å². The highest BCUT2D eigenvalue weighted by molar-refractivity contribution is 6.23. The molecule has 0 radical (unpaired) electrons. The second kappa shape index (κ2) is 13.1. The molecule has 50 heavy (non-hydrogen) atoms. The fraction of sp³-hybridized carbons (Fsp3) is 0.343. The monoisotopic (exact) mass is 687 g/mol. The molecule has 3 heterocycles. The Morgan fingerprint density at radius 1 is 0.820 bits per heavy atom. The Morgan fingerprint density at radius 3 is 1.84 bits per heavy atom. The third-order valence-corrected chi connectivity index (χ3v) is 8.80. The Bertz CT molecular complexity index is 2270. The zero-order valence-electron chi connectivity index (χ0n) is 27.7. The lowest BCUT2D eigenvalue weighted by Gasteiger charge is -2.28. The zero-order valence-corrected chi connectivity index (χ0v) is 27.7. The highest BCUT2D eigenvalue weighted by Crippen LogP contribution is 2.31. The van der Waals surface area contributed by atoms with E-state index >= 15 is 0 Å². The maximum atomic E-state index is 13.3. The van der Waals surface area contributed by atoms with E-state index in [0.717, 1.165) is 32.2 Å². The number of amides is 2. The van der Waals surface area contributed by atoms with E-state index in [4.69, 9.17) is 9.47 Å². The molecule has 1 unspecified atom stereocenters. The van der Waals surface area contributed by atoms with Gasteiger partial charge in [0, 0.05) is 26.2 Å². The average Bonchev–Trinajstić information content (AvgIpc) is 3.54. The minimum absolute atomic E-state index is 0.0245. The lowest BCUT2D eigenvalue weighted by Crippen LogP contribution is -2.35. The van der Waals surface area contributed by atoms with Gasteiger partial charge in [0.2, 0.25) is 0 Å². The smallest absolute Gasteiger partial charge is 0.339 e. The van der Waals surface area contributed by atoms with E-state index in [1.54, 1.807) is 0 Å². The zero-order chi connectivity index (χ0) is 36.8. The Balaban J connectivity index is 1.27. The fourth-order valence-corrected chi connectivity index (χ4v) is 6.47. The van der Waals surface area contributed by atoms with E-state index in [-0.39, 0.29) is 58.3 Å². The number of esters is 2. The fourth-order valence-electron chi connectivity index (χ4n) is 6.47. The molecule has 1 aliphatic rings. The maximum absolute atomic E-state index is 13.3. The first-order valence-electron chi connectivity index (χ1n) is 15.6. The number of fused-ring (bicyclic) bond motifs is 3. The molecule has 2 amide bonds. The van der Waals surface area contributed by atoms with Gasteiger partial charge in [0.25, 0.3) is 34.1 Å². The summed E-state index contributed by atoms with van der Waals surface area (Å²) in [7, 11) is 1.32. The normalized spacial score (nSPS) is 13.6. The molecule has 0 saturated carbocycles. The lowest BCUT2D eigenvalue weighted by atomic mass is 9.82. The molecule has 2 aromatic heterocycles. The molecule has 2 aromatic carbocycles. The van der Waals surface area contributed by atoms with Crippen LogP contribution >= 0.6 is 0 Å². The van der Waals surface area contributed by atoms with Crippen LogP contribution in [0.1, 0.15) is 75.0 Å². The highest BCUT2D eigenvalue weighted by atomic mass is 16.6. The second-order valence-electron chi connectivity index (χ2n) is 13.1. The summed E-state index contributed by atoms with van der Waals surface area (Å²) in [5.41, 5.74) is -4.21. The van der Waals surface area contributed by atoms with Crippen LogP contribution in [0.25, 0.3) is 21.5 Å². The summed E-state index contributed by atoms with van der Waals surface area (Å²) in [4.78, 5) is 115. The van der Waals surface area contributed by atoms with Crippen molar-refractivity contribution in [2.45, 2.75) is 40.2 Å². The average molecular weight is 688 g/mol. The van der Waals surface area contributed by atoms with Crippen LogP contribution in [0.3, 0.4) is 0 Å². The molecule has 5 rings (SSSR count). The largest absolute Gasteiger partial charge is 0.478 e. The van der Waals surface area contributed by atoms with Gasteiger partial charge in [-0.2, -0.15) is 0 Å². The van der Waals surface area contributed by atoms with Crippen molar-refractivity contribution in [2.75, 3.05) is 19.8 Å². The van der Waals surface area contributed by atoms with Gasteiger partial charge in [0.05, 0.1) is 43.8 Å². The van der Waals surface area contributed by atoms with E-state index in [0.29, 0.717) is 12.8 Å². The minimum atomic E-state index is -1.52. The van der Waals surface area contributed by atoms with E-state index in [1.165, 1.54) is 19.2 Å². The number of carboxylic acid groups (broad SMARTS) is 1.